The lowest BCUT2D eigenvalue weighted by molar-refractivity contribution is -0.140. The maximum absolute atomic E-state index is 12.8. The number of benzene rings is 1. The van der Waals surface area contributed by atoms with Crippen molar-refractivity contribution in [1.29, 1.82) is 0 Å². The molecule has 0 saturated carbocycles. The van der Waals surface area contributed by atoms with Crippen LogP contribution in [0.25, 0.3) is 6.08 Å². The summed E-state index contributed by atoms with van der Waals surface area (Å²) >= 11 is 0. The summed E-state index contributed by atoms with van der Waals surface area (Å²) in [7, 11) is 0. The zero-order chi connectivity index (χ0) is 14.4. The van der Waals surface area contributed by atoms with Gasteiger partial charge in [-0.3, -0.25) is 4.79 Å². The normalized spacial score (nSPS) is 11.5. The first kappa shape index (κ1) is 15.1. The van der Waals surface area contributed by atoms with Crippen molar-refractivity contribution in [3.8, 4) is 0 Å². The summed E-state index contributed by atoms with van der Waals surface area (Å²) in [6.45, 7) is 5.29. The number of carbonyl (C=O) groups is 2. The molecule has 0 aromatic heterocycles. The van der Waals surface area contributed by atoms with E-state index in [4.69, 9.17) is 4.74 Å². The Morgan fingerprint density at radius 2 is 1.84 bits per heavy atom. The van der Waals surface area contributed by atoms with Crippen LogP contribution in [0.4, 0.5) is 4.39 Å². The summed E-state index contributed by atoms with van der Waals surface area (Å²) in [5.41, 5.74) is 0.571. The van der Waals surface area contributed by atoms with Gasteiger partial charge in [-0.2, -0.15) is 0 Å². The van der Waals surface area contributed by atoms with Gasteiger partial charge in [0.1, 0.15) is 11.4 Å². The Morgan fingerprint density at radius 3 is 2.32 bits per heavy atom. The first-order valence-electron chi connectivity index (χ1n) is 6.14. The monoisotopic (exact) mass is 264 g/mol. The molecule has 0 aliphatic carbocycles. The second-order valence-corrected chi connectivity index (χ2v) is 4.35. The summed E-state index contributed by atoms with van der Waals surface area (Å²) in [5.74, 6) is -1.62. The summed E-state index contributed by atoms with van der Waals surface area (Å²) in [5, 5.41) is 0. The molecule has 0 aliphatic heterocycles. The highest BCUT2D eigenvalue weighted by Crippen LogP contribution is 2.14. The maximum Gasteiger partial charge on any atom is 0.341 e. The van der Waals surface area contributed by atoms with E-state index in [0.29, 0.717) is 5.56 Å². The number of hydrogen-bond acceptors (Lipinski definition) is 3. The largest absolute Gasteiger partial charge is 0.462 e. The molecule has 1 aromatic carbocycles. The molecule has 0 unspecified atom stereocenters. The fourth-order valence-electron chi connectivity index (χ4n) is 1.48. The van der Waals surface area contributed by atoms with Crippen LogP contribution in [0, 0.1) is 11.7 Å². The minimum absolute atomic E-state index is 0.0107. The minimum Gasteiger partial charge on any atom is -0.462 e. The van der Waals surface area contributed by atoms with Gasteiger partial charge in [0.05, 0.1) is 6.61 Å². The lowest BCUT2D eigenvalue weighted by Crippen LogP contribution is -2.19. The smallest absolute Gasteiger partial charge is 0.341 e. The van der Waals surface area contributed by atoms with Gasteiger partial charge in [-0.25, -0.2) is 9.18 Å². The van der Waals surface area contributed by atoms with Crippen LogP contribution in [0.5, 0.6) is 0 Å². The van der Waals surface area contributed by atoms with Gasteiger partial charge in [-0.15, -0.1) is 0 Å². The first-order valence-corrected chi connectivity index (χ1v) is 6.14. The van der Waals surface area contributed by atoms with Crippen molar-refractivity contribution >= 4 is 17.8 Å². The quantitative estimate of drug-likeness (QED) is 0.355. The Bertz CT molecular complexity index is 487. The second kappa shape index (κ2) is 6.83. The average molecular weight is 264 g/mol. The SMILES string of the molecule is CCOC(=O)C(=Cc1ccc(F)cc1)C(=O)C(C)C. The highest BCUT2D eigenvalue weighted by molar-refractivity contribution is 6.21. The molecule has 0 N–H and O–H groups in total. The highest BCUT2D eigenvalue weighted by atomic mass is 19.1. The molecule has 0 radical (unpaired) electrons. The van der Waals surface area contributed by atoms with E-state index in [-0.39, 0.29) is 29.7 Å². The molecule has 0 atom stereocenters. The number of halogens is 1. The molecule has 3 nitrogen and oxygen atoms in total. The van der Waals surface area contributed by atoms with Crippen LogP contribution in [-0.2, 0) is 14.3 Å². The summed E-state index contributed by atoms with van der Waals surface area (Å²) in [6, 6.07) is 5.55. The van der Waals surface area contributed by atoms with Crippen molar-refractivity contribution in [2.75, 3.05) is 6.61 Å². The molecule has 0 heterocycles. The van der Waals surface area contributed by atoms with Crippen LogP contribution in [0.2, 0.25) is 0 Å². The third-order valence-electron chi connectivity index (χ3n) is 2.47. The Hall–Kier alpha value is -1.97. The molecular formula is C15H17FO3. The zero-order valence-corrected chi connectivity index (χ0v) is 11.3. The van der Waals surface area contributed by atoms with Crippen LogP contribution < -0.4 is 0 Å². The number of hydrogen-bond donors (Lipinski definition) is 0. The minimum atomic E-state index is -0.648. The molecule has 0 bridgehead atoms. The fourth-order valence-corrected chi connectivity index (χ4v) is 1.48. The van der Waals surface area contributed by atoms with E-state index in [1.54, 1.807) is 20.8 Å². The van der Waals surface area contributed by atoms with E-state index in [2.05, 4.69) is 0 Å². The van der Waals surface area contributed by atoms with Gasteiger partial charge in [-0.05, 0) is 30.7 Å². The van der Waals surface area contributed by atoms with Crippen molar-refractivity contribution in [3.63, 3.8) is 0 Å². The van der Waals surface area contributed by atoms with Crippen LogP contribution in [0.15, 0.2) is 29.8 Å². The van der Waals surface area contributed by atoms with Gasteiger partial charge in [-0.1, -0.05) is 26.0 Å². The Morgan fingerprint density at radius 1 is 1.26 bits per heavy atom. The predicted molar refractivity (Wildman–Crippen MR) is 70.9 cm³/mol. The highest BCUT2D eigenvalue weighted by Gasteiger charge is 2.21. The van der Waals surface area contributed by atoms with E-state index < -0.39 is 5.97 Å². The Labute approximate surface area is 112 Å². The number of rotatable bonds is 5. The van der Waals surface area contributed by atoms with Gasteiger partial charge in [0, 0.05) is 5.92 Å². The number of esters is 1. The van der Waals surface area contributed by atoms with Gasteiger partial charge in [0.2, 0.25) is 0 Å². The van der Waals surface area contributed by atoms with E-state index >= 15 is 0 Å². The standard InChI is InChI=1S/C15H17FO3/c1-4-19-15(18)13(14(17)10(2)3)9-11-5-7-12(16)8-6-11/h5-10H,4H2,1-3H3. The second-order valence-electron chi connectivity index (χ2n) is 4.35. The van der Waals surface area contributed by atoms with Crippen molar-refractivity contribution in [1.82, 2.24) is 0 Å². The third kappa shape index (κ3) is 4.32. The topological polar surface area (TPSA) is 43.4 Å². The number of Topliss-reactive ketones (excluding diaryl/α,β-unsaturated/α-hetero) is 1. The van der Waals surface area contributed by atoms with Gasteiger partial charge in [0.25, 0.3) is 0 Å². The molecule has 0 aliphatic rings. The Kier molecular flexibility index (Phi) is 5.42. The molecule has 102 valence electrons. The molecule has 4 heteroatoms. The summed E-state index contributed by atoms with van der Waals surface area (Å²) in [4.78, 5) is 23.8. The predicted octanol–water partition coefficient (Wildman–Crippen LogP) is 3.00. The van der Waals surface area contributed by atoms with Gasteiger partial charge in [0.15, 0.2) is 5.78 Å². The van der Waals surface area contributed by atoms with E-state index in [0.717, 1.165) is 0 Å². The van der Waals surface area contributed by atoms with Crippen molar-refractivity contribution < 1.29 is 18.7 Å². The molecule has 0 fully saturated rings. The van der Waals surface area contributed by atoms with E-state index in [1.807, 2.05) is 0 Å². The molecule has 19 heavy (non-hydrogen) atoms. The lowest BCUT2D eigenvalue weighted by Gasteiger charge is -2.08. The van der Waals surface area contributed by atoms with Gasteiger partial charge >= 0.3 is 5.97 Å². The molecular weight excluding hydrogens is 247 g/mol. The van der Waals surface area contributed by atoms with Crippen molar-refractivity contribution in [2.24, 2.45) is 5.92 Å². The molecule has 0 saturated heterocycles. The van der Waals surface area contributed by atoms with Gasteiger partial charge < -0.3 is 4.74 Å². The van der Waals surface area contributed by atoms with Crippen LogP contribution in [0.1, 0.15) is 26.3 Å². The number of carbonyl (C=O) groups excluding carboxylic acids is 2. The Balaban J connectivity index is 3.11. The lowest BCUT2D eigenvalue weighted by atomic mass is 9.99. The average Bonchev–Trinajstić information content (AvgIpc) is 2.37. The third-order valence-corrected chi connectivity index (χ3v) is 2.47. The molecule has 0 amide bonds. The van der Waals surface area contributed by atoms with Crippen LogP contribution in [-0.4, -0.2) is 18.4 Å². The maximum atomic E-state index is 12.8. The van der Waals surface area contributed by atoms with Crippen LogP contribution >= 0.6 is 0 Å². The molecule has 1 aromatic rings. The number of ether oxygens (including phenoxy) is 1. The van der Waals surface area contributed by atoms with E-state index in [9.17, 15) is 14.0 Å². The van der Waals surface area contributed by atoms with E-state index in [1.165, 1.54) is 30.3 Å². The van der Waals surface area contributed by atoms with Crippen molar-refractivity contribution in [3.05, 3.63) is 41.2 Å². The fraction of sp³-hybridized carbons (Fsp3) is 0.333. The van der Waals surface area contributed by atoms with Crippen LogP contribution in [0.3, 0.4) is 0 Å². The molecule has 0 spiro atoms. The first-order chi connectivity index (χ1) is 8.95. The summed E-state index contributed by atoms with van der Waals surface area (Å²) in [6.07, 6.45) is 1.43. The van der Waals surface area contributed by atoms with Crippen molar-refractivity contribution in [2.45, 2.75) is 20.8 Å². The number of ketones is 1. The molecule has 1 rings (SSSR count). The summed E-state index contributed by atoms with van der Waals surface area (Å²) < 4.78 is 17.7. The zero-order valence-electron chi connectivity index (χ0n) is 11.3.